The first-order valence-electron chi connectivity index (χ1n) is 5.13. The number of carbonyl (C=O) groups excluding carboxylic acids is 1. The Morgan fingerprint density at radius 2 is 1.82 bits per heavy atom. The van der Waals surface area contributed by atoms with Gasteiger partial charge in [0.1, 0.15) is 0 Å². The molecule has 1 amide bonds. The second-order valence-electron chi connectivity index (χ2n) is 3.69. The van der Waals surface area contributed by atoms with E-state index in [-0.39, 0.29) is 5.91 Å². The number of hydrogen-bond acceptors (Lipinski definition) is 2. The van der Waals surface area contributed by atoms with E-state index < -0.39 is 0 Å². The first kappa shape index (κ1) is 11.9. The number of carbonyl (C=O) groups is 1. The normalized spacial score (nSPS) is 10.5. The molecule has 3 nitrogen and oxygen atoms in total. The van der Waals surface area contributed by atoms with Gasteiger partial charge < -0.3 is 0 Å². The molecule has 0 saturated heterocycles. The molecule has 2 aromatic rings. The number of amides is 1. The summed E-state index contributed by atoms with van der Waals surface area (Å²) in [6.45, 7) is 0. The predicted molar refractivity (Wildman–Crippen MR) is 68.1 cm³/mol. The lowest BCUT2D eigenvalue weighted by Gasteiger charge is -2.13. The standard InChI is InChI=1S/C13H12ClNO2/c1-15(17-2)13(16)11-4-3-10-8-12(14)6-5-9(10)7-11/h3-8H,1-2H3. The first-order chi connectivity index (χ1) is 8.11. The molecule has 0 radical (unpaired) electrons. The maximum Gasteiger partial charge on any atom is 0.277 e. The molecule has 0 N–H and O–H groups in total. The number of rotatable bonds is 2. The first-order valence-corrected chi connectivity index (χ1v) is 5.51. The largest absolute Gasteiger partial charge is 0.277 e. The third kappa shape index (κ3) is 2.40. The van der Waals surface area contributed by atoms with Crippen molar-refractivity contribution in [2.24, 2.45) is 0 Å². The molecular weight excluding hydrogens is 238 g/mol. The minimum atomic E-state index is -0.177. The Hall–Kier alpha value is -1.58. The Balaban J connectivity index is 2.45. The molecule has 17 heavy (non-hydrogen) atoms. The summed E-state index contributed by atoms with van der Waals surface area (Å²) in [4.78, 5) is 16.7. The van der Waals surface area contributed by atoms with Crippen LogP contribution in [0.4, 0.5) is 0 Å². The summed E-state index contributed by atoms with van der Waals surface area (Å²) in [7, 11) is 3.03. The number of fused-ring (bicyclic) bond motifs is 1. The zero-order chi connectivity index (χ0) is 12.4. The highest BCUT2D eigenvalue weighted by Gasteiger charge is 2.11. The van der Waals surface area contributed by atoms with Crippen molar-refractivity contribution in [3.8, 4) is 0 Å². The molecule has 4 heteroatoms. The van der Waals surface area contributed by atoms with Gasteiger partial charge in [0.05, 0.1) is 7.11 Å². The lowest BCUT2D eigenvalue weighted by molar-refractivity contribution is -0.0756. The van der Waals surface area contributed by atoms with Gasteiger partial charge in [-0.25, -0.2) is 5.06 Å². The van der Waals surface area contributed by atoms with Crippen molar-refractivity contribution < 1.29 is 9.63 Å². The van der Waals surface area contributed by atoms with Gasteiger partial charge in [0, 0.05) is 17.6 Å². The van der Waals surface area contributed by atoms with Gasteiger partial charge in [-0.2, -0.15) is 0 Å². The van der Waals surface area contributed by atoms with Crippen molar-refractivity contribution in [1.29, 1.82) is 0 Å². The summed E-state index contributed by atoms with van der Waals surface area (Å²) in [5.41, 5.74) is 0.587. The molecule has 0 aliphatic rings. The van der Waals surface area contributed by atoms with E-state index in [1.165, 1.54) is 12.2 Å². The van der Waals surface area contributed by atoms with Gasteiger partial charge in [0.2, 0.25) is 0 Å². The van der Waals surface area contributed by atoms with Crippen LogP contribution in [0, 0.1) is 0 Å². The average Bonchev–Trinajstić information content (AvgIpc) is 2.36. The van der Waals surface area contributed by atoms with Gasteiger partial charge in [0.15, 0.2) is 0 Å². The van der Waals surface area contributed by atoms with Gasteiger partial charge >= 0.3 is 0 Å². The van der Waals surface area contributed by atoms with Gasteiger partial charge in [-0.1, -0.05) is 23.7 Å². The smallest absolute Gasteiger partial charge is 0.274 e. The molecule has 0 unspecified atom stereocenters. The molecule has 0 saturated carbocycles. The van der Waals surface area contributed by atoms with E-state index in [1.807, 2.05) is 24.3 Å². The monoisotopic (exact) mass is 249 g/mol. The van der Waals surface area contributed by atoms with Crippen LogP contribution in [-0.4, -0.2) is 25.1 Å². The second kappa shape index (κ2) is 4.73. The third-order valence-corrected chi connectivity index (χ3v) is 2.84. The lowest BCUT2D eigenvalue weighted by Crippen LogP contribution is -2.25. The van der Waals surface area contributed by atoms with Crippen molar-refractivity contribution in [2.45, 2.75) is 0 Å². The molecule has 0 aliphatic carbocycles. The molecule has 0 bridgehead atoms. The Morgan fingerprint density at radius 1 is 1.18 bits per heavy atom. The minimum Gasteiger partial charge on any atom is -0.274 e. The highest BCUT2D eigenvalue weighted by molar-refractivity contribution is 6.31. The maximum atomic E-state index is 11.9. The van der Waals surface area contributed by atoms with E-state index >= 15 is 0 Å². The summed E-state index contributed by atoms with van der Waals surface area (Å²) >= 11 is 5.90. The Labute approximate surface area is 105 Å². The summed E-state index contributed by atoms with van der Waals surface area (Å²) < 4.78 is 0. The van der Waals surface area contributed by atoms with Crippen LogP contribution in [0.1, 0.15) is 10.4 Å². The Kier molecular flexibility index (Phi) is 3.31. The van der Waals surface area contributed by atoms with Crippen molar-refractivity contribution >= 4 is 28.3 Å². The quantitative estimate of drug-likeness (QED) is 0.766. The van der Waals surface area contributed by atoms with Crippen LogP contribution in [0.2, 0.25) is 5.02 Å². The van der Waals surface area contributed by atoms with Crippen LogP contribution in [0.3, 0.4) is 0 Å². The fourth-order valence-corrected chi connectivity index (χ4v) is 1.79. The van der Waals surface area contributed by atoms with E-state index in [1.54, 1.807) is 19.2 Å². The molecule has 0 aromatic heterocycles. The van der Waals surface area contributed by atoms with E-state index in [9.17, 15) is 4.79 Å². The van der Waals surface area contributed by atoms with Crippen molar-refractivity contribution in [3.05, 3.63) is 47.0 Å². The van der Waals surface area contributed by atoms with E-state index in [4.69, 9.17) is 16.4 Å². The van der Waals surface area contributed by atoms with Crippen LogP contribution >= 0.6 is 11.6 Å². The number of nitrogens with zero attached hydrogens (tertiary/aromatic N) is 1. The molecule has 2 rings (SSSR count). The van der Waals surface area contributed by atoms with E-state index in [2.05, 4.69) is 0 Å². The van der Waals surface area contributed by atoms with Crippen molar-refractivity contribution in [1.82, 2.24) is 5.06 Å². The summed E-state index contributed by atoms with van der Waals surface area (Å²) in [6, 6.07) is 11.0. The summed E-state index contributed by atoms with van der Waals surface area (Å²) in [5.74, 6) is -0.177. The van der Waals surface area contributed by atoms with Crippen molar-refractivity contribution in [3.63, 3.8) is 0 Å². The highest BCUT2D eigenvalue weighted by Crippen LogP contribution is 2.21. The predicted octanol–water partition coefficient (Wildman–Crippen LogP) is 3.13. The van der Waals surface area contributed by atoms with Gasteiger partial charge in [-0.05, 0) is 35.0 Å². The summed E-state index contributed by atoms with van der Waals surface area (Å²) in [5, 5.41) is 3.86. The topological polar surface area (TPSA) is 29.5 Å². The molecule has 2 aromatic carbocycles. The molecule has 0 aliphatic heterocycles. The molecule has 0 heterocycles. The average molecular weight is 250 g/mol. The zero-order valence-electron chi connectivity index (χ0n) is 9.61. The van der Waals surface area contributed by atoms with E-state index in [0.29, 0.717) is 10.6 Å². The zero-order valence-corrected chi connectivity index (χ0v) is 10.4. The minimum absolute atomic E-state index is 0.177. The maximum absolute atomic E-state index is 11.9. The second-order valence-corrected chi connectivity index (χ2v) is 4.13. The lowest BCUT2D eigenvalue weighted by atomic mass is 10.1. The van der Waals surface area contributed by atoms with Crippen LogP contribution in [-0.2, 0) is 4.84 Å². The van der Waals surface area contributed by atoms with E-state index in [0.717, 1.165) is 10.8 Å². The summed E-state index contributed by atoms with van der Waals surface area (Å²) in [6.07, 6.45) is 0. The third-order valence-electron chi connectivity index (χ3n) is 2.61. The van der Waals surface area contributed by atoms with Gasteiger partial charge in [-0.15, -0.1) is 0 Å². The van der Waals surface area contributed by atoms with Crippen LogP contribution in [0.25, 0.3) is 10.8 Å². The number of hydrogen-bond donors (Lipinski definition) is 0. The van der Waals surface area contributed by atoms with Gasteiger partial charge in [0.25, 0.3) is 5.91 Å². The Morgan fingerprint density at radius 3 is 2.53 bits per heavy atom. The fraction of sp³-hybridized carbons (Fsp3) is 0.154. The highest BCUT2D eigenvalue weighted by atomic mass is 35.5. The number of benzene rings is 2. The van der Waals surface area contributed by atoms with Crippen LogP contribution in [0.5, 0.6) is 0 Å². The molecule has 0 fully saturated rings. The molecule has 88 valence electrons. The molecular formula is C13H12ClNO2. The van der Waals surface area contributed by atoms with Crippen LogP contribution in [0.15, 0.2) is 36.4 Å². The fourth-order valence-electron chi connectivity index (χ4n) is 1.61. The van der Waals surface area contributed by atoms with Crippen molar-refractivity contribution in [2.75, 3.05) is 14.2 Å². The SMILES string of the molecule is CON(C)C(=O)c1ccc2cc(Cl)ccc2c1. The van der Waals surface area contributed by atoms with Gasteiger partial charge in [-0.3, -0.25) is 9.63 Å². The number of halogens is 1. The number of hydroxylamine groups is 2. The molecule has 0 spiro atoms. The van der Waals surface area contributed by atoms with Crippen LogP contribution < -0.4 is 0 Å². The Bertz CT molecular complexity index is 568. The molecule has 0 atom stereocenters.